The van der Waals surface area contributed by atoms with Crippen LogP contribution in [0, 0.1) is 0 Å². The second-order valence-corrected chi connectivity index (χ2v) is 8.04. The molecule has 4 atom stereocenters. The Morgan fingerprint density at radius 1 is 1.50 bits per heavy atom. The molecule has 132 valence electrons. The first kappa shape index (κ1) is 19.1. The SMILES string of the molecule is C[C@@H]1SC(c2ccccc2O)=N[C@H]1[C@H](C)N(C)[C@](C)(CS)C(=O)O. The van der Waals surface area contributed by atoms with Crippen molar-refractivity contribution in [2.75, 3.05) is 12.8 Å². The fraction of sp³-hybridized carbons (Fsp3) is 0.529. The molecular weight excluding hydrogens is 344 g/mol. The Hall–Kier alpha value is -1.18. The summed E-state index contributed by atoms with van der Waals surface area (Å²) in [7, 11) is 1.81. The van der Waals surface area contributed by atoms with Crippen molar-refractivity contribution in [3.63, 3.8) is 0 Å². The van der Waals surface area contributed by atoms with Crippen LogP contribution in [-0.2, 0) is 4.79 Å². The highest BCUT2D eigenvalue weighted by atomic mass is 32.2. The molecule has 1 heterocycles. The molecule has 7 heteroatoms. The monoisotopic (exact) mass is 368 g/mol. The van der Waals surface area contributed by atoms with Crippen LogP contribution in [0.3, 0.4) is 0 Å². The van der Waals surface area contributed by atoms with Gasteiger partial charge in [-0.05, 0) is 33.0 Å². The molecule has 0 saturated heterocycles. The van der Waals surface area contributed by atoms with E-state index in [1.807, 2.05) is 24.0 Å². The molecule has 0 fully saturated rings. The van der Waals surface area contributed by atoms with Gasteiger partial charge in [0.05, 0.1) is 6.04 Å². The molecule has 2 rings (SSSR count). The number of thioether (sulfide) groups is 1. The lowest BCUT2D eigenvalue weighted by Crippen LogP contribution is -2.58. The number of aliphatic imine (C=N–C) groups is 1. The zero-order valence-corrected chi connectivity index (χ0v) is 16.0. The molecule has 1 aliphatic rings. The first-order chi connectivity index (χ1) is 11.2. The minimum atomic E-state index is -1.06. The molecule has 5 nitrogen and oxygen atoms in total. The predicted molar refractivity (Wildman–Crippen MR) is 103 cm³/mol. The summed E-state index contributed by atoms with van der Waals surface area (Å²) < 4.78 is 0. The summed E-state index contributed by atoms with van der Waals surface area (Å²) in [6.45, 7) is 5.75. The maximum absolute atomic E-state index is 11.7. The highest BCUT2D eigenvalue weighted by molar-refractivity contribution is 8.15. The maximum Gasteiger partial charge on any atom is 0.324 e. The van der Waals surface area contributed by atoms with Crippen molar-refractivity contribution in [2.45, 2.75) is 43.6 Å². The van der Waals surface area contributed by atoms with Gasteiger partial charge in [0.25, 0.3) is 0 Å². The predicted octanol–water partition coefficient (Wildman–Crippen LogP) is 2.74. The summed E-state index contributed by atoms with van der Waals surface area (Å²) in [6.07, 6.45) is 0. The number of phenols is 1. The van der Waals surface area contributed by atoms with Crippen LogP contribution in [0.15, 0.2) is 29.3 Å². The summed E-state index contributed by atoms with van der Waals surface area (Å²) in [5.41, 5.74) is -0.332. The van der Waals surface area contributed by atoms with Crippen molar-refractivity contribution >= 4 is 35.4 Å². The molecule has 24 heavy (non-hydrogen) atoms. The molecule has 0 aliphatic carbocycles. The van der Waals surface area contributed by atoms with Crippen LogP contribution < -0.4 is 0 Å². The number of hydrogen-bond acceptors (Lipinski definition) is 6. The molecule has 1 aromatic rings. The average Bonchev–Trinajstić information content (AvgIpc) is 2.94. The van der Waals surface area contributed by atoms with Gasteiger partial charge in [0.15, 0.2) is 0 Å². The fourth-order valence-electron chi connectivity index (χ4n) is 2.81. The van der Waals surface area contributed by atoms with Crippen molar-refractivity contribution in [1.82, 2.24) is 4.90 Å². The van der Waals surface area contributed by atoms with Crippen LogP contribution in [0.1, 0.15) is 26.3 Å². The standard InChI is InChI=1S/C17H24N2O3S2/c1-10(19(4)17(3,9-23)16(21)22)14-11(2)24-15(18-14)12-7-5-6-8-13(12)20/h5-8,10-11,14,20,23H,9H2,1-4H3,(H,21,22)/t10-,11-,14-,17+/m0/s1. The zero-order chi connectivity index (χ0) is 18.1. The zero-order valence-electron chi connectivity index (χ0n) is 14.3. The number of rotatable bonds is 6. The number of thiol groups is 1. The Morgan fingerprint density at radius 2 is 2.12 bits per heavy atom. The van der Waals surface area contributed by atoms with Gasteiger partial charge < -0.3 is 10.2 Å². The Morgan fingerprint density at radius 3 is 2.67 bits per heavy atom. The van der Waals surface area contributed by atoms with Crippen molar-refractivity contribution in [3.05, 3.63) is 29.8 Å². The fourth-order valence-corrected chi connectivity index (χ4v) is 4.43. The topological polar surface area (TPSA) is 73.1 Å². The van der Waals surface area contributed by atoms with Crippen LogP contribution in [0.2, 0.25) is 0 Å². The molecule has 0 radical (unpaired) electrons. The van der Waals surface area contributed by atoms with Gasteiger partial charge >= 0.3 is 5.97 Å². The molecule has 2 N–H and O–H groups in total. The molecular formula is C17H24N2O3S2. The largest absolute Gasteiger partial charge is 0.507 e. The lowest BCUT2D eigenvalue weighted by Gasteiger charge is -2.40. The van der Waals surface area contributed by atoms with E-state index in [1.54, 1.807) is 37.9 Å². The van der Waals surface area contributed by atoms with Crippen molar-refractivity contribution in [2.24, 2.45) is 4.99 Å². The van der Waals surface area contributed by atoms with Crippen LogP contribution in [0.25, 0.3) is 0 Å². The molecule has 0 amide bonds. The van der Waals surface area contributed by atoms with E-state index in [0.29, 0.717) is 0 Å². The van der Waals surface area contributed by atoms with Crippen LogP contribution in [-0.4, -0.2) is 61.8 Å². The van der Waals surface area contributed by atoms with E-state index in [2.05, 4.69) is 19.6 Å². The first-order valence-corrected chi connectivity index (χ1v) is 9.33. The lowest BCUT2D eigenvalue weighted by molar-refractivity contribution is -0.149. The summed E-state index contributed by atoms with van der Waals surface area (Å²) in [5.74, 6) is -0.466. The van der Waals surface area contributed by atoms with Gasteiger partial charge in [-0.3, -0.25) is 14.7 Å². The normalized spacial score (nSPS) is 24.5. The number of hydrogen-bond donors (Lipinski definition) is 3. The Bertz CT molecular complexity index is 652. The number of carboxylic acid groups (broad SMARTS) is 1. The minimum Gasteiger partial charge on any atom is -0.507 e. The van der Waals surface area contributed by atoms with Gasteiger partial charge in [0.2, 0.25) is 0 Å². The Labute approximate surface area is 152 Å². The maximum atomic E-state index is 11.7. The van der Waals surface area contributed by atoms with Crippen LogP contribution in [0.4, 0.5) is 0 Å². The third kappa shape index (κ3) is 3.43. The van der Waals surface area contributed by atoms with E-state index in [4.69, 9.17) is 4.99 Å². The highest BCUT2D eigenvalue weighted by Gasteiger charge is 2.43. The van der Waals surface area contributed by atoms with Crippen molar-refractivity contribution in [3.8, 4) is 5.75 Å². The summed E-state index contributed by atoms with van der Waals surface area (Å²) in [4.78, 5) is 18.3. The van der Waals surface area contributed by atoms with E-state index >= 15 is 0 Å². The van der Waals surface area contributed by atoms with Crippen molar-refractivity contribution in [1.29, 1.82) is 0 Å². The first-order valence-electron chi connectivity index (χ1n) is 7.82. The number of benzene rings is 1. The number of aromatic hydroxyl groups is 1. The molecule has 0 bridgehead atoms. The number of phenolic OH excluding ortho intramolecular Hbond substituents is 1. The number of likely N-dealkylation sites (N-methyl/N-ethyl adjacent to an activating group) is 1. The van der Waals surface area contributed by atoms with Gasteiger partial charge in [0, 0.05) is 22.6 Å². The van der Waals surface area contributed by atoms with E-state index in [0.717, 1.165) is 10.6 Å². The Kier molecular flexibility index (Phi) is 5.88. The van der Waals surface area contributed by atoms with Gasteiger partial charge in [-0.1, -0.05) is 19.1 Å². The molecule has 0 aromatic heterocycles. The third-order valence-corrected chi connectivity index (χ3v) is 6.65. The van der Waals surface area contributed by atoms with Crippen LogP contribution >= 0.6 is 24.4 Å². The summed E-state index contributed by atoms with van der Waals surface area (Å²) in [6, 6.07) is 7.00. The van der Waals surface area contributed by atoms with Gasteiger partial charge in [-0.2, -0.15) is 12.6 Å². The smallest absolute Gasteiger partial charge is 0.324 e. The molecule has 0 saturated carbocycles. The van der Waals surface area contributed by atoms with Gasteiger partial charge in [-0.25, -0.2) is 0 Å². The van der Waals surface area contributed by atoms with Gasteiger partial charge in [0.1, 0.15) is 16.3 Å². The van der Waals surface area contributed by atoms with Gasteiger partial charge in [-0.15, -0.1) is 11.8 Å². The third-order valence-electron chi connectivity index (χ3n) is 4.83. The number of para-hydroxylation sites is 1. The number of nitrogens with zero attached hydrogens (tertiary/aromatic N) is 2. The molecule has 0 spiro atoms. The molecule has 1 aromatic carbocycles. The summed E-state index contributed by atoms with van der Waals surface area (Å²) in [5, 5.41) is 20.6. The van der Waals surface area contributed by atoms with E-state index < -0.39 is 11.5 Å². The number of carboxylic acids is 1. The summed E-state index contributed by atoms with van der Waals surface area (Å²) >= 11 is 5.84. The lowest BCUT2D eigenvalue weighted by atomic mass is 9.97. The van der Waals surface area contributed by atoms with E-state index in [-0.39, 0.29) is 28.8 Å². The quantitative estimate of drug-likeness (QED) is 0.674. The highest BCUT2D eigenvalue weighted by Crippen LogP contribution is 2.36. The number of carbonyl (C=O) groups is 1. The Balaban J connectivity index is 2.28. The van der Waals surface area contributed by atoms with E-state index in [1.165, 1.54) is 0 Å². The second kappa shape index (κ2) is 7.37. The van der Waals surface area contributed by atoms with Crippen molar-refractivity contribution < 1.29 is 15.0 Å². The minimum absolute atomic E-state index is 0.0619. The van der Waals surface area contributed by atoms with E-state index in [9.17, 15) is 15.0 Å². The molecule has 0 unspecified atom stereocenters. The number of aliphatic carboxylic acids is 1. The van der Waals surface area contributed by atoms with Crippen LogP contribution in [0.5, 0.6) is 5.75 Å². The average molecular weight is 369 g/mol. The molecule has 1 aliphatic heterocycles. The second-order valence-electron chi connectivity index (χ2n) is 6.35.